The molecular formula is C20H22N6O3. The maximum absolute atomic E-state index is 12.4. The van der Waals surface area contributed by atoms with Gasteiger partial charge in [0.05, 0.1) is 31.2 Å². The third-order valence-corrected chi connectivity index (χ3v) is 4.70. The number of benzene rings is 1. The molecule has 0 radical (unpaired) electrons. The van der Waals surface area contributed by atoms with Crippen LogP contribution in [0.1, 0.15) is 29.4 Å². The number of pyridine rings is 1. The number of nitrogens with zero attached hydrogens (tertiary/aromatic N) is 4. The van der Waals surface area contributed by atoms with E-state index in [1.54, 1.807) is 54.4 Å². The van der Waals surface area contributed by atoms with E-state index in [1.165, 1.54) is 6.20 Å². The largest absolute Gasteiger partial charge is 0.497 e. The Bertz CT molecular complexity index is 949. The highest BCUT2D eigenvalue weighted by molar-refractivity contribution is 6.02. The van der Waals surface area contributed by atoms with Crippen LogP contribution in [0.4, 0.5) is 5.69 Å². The maximum atomic E-state index is 12.4. The van der Waals surface area contributed by atoms with Gasteiger partial charge in [-0.25, -0.2) is 9.67 Å². The van der Waals surface area contributed by atoms with Crippen LogP contribution in [0.5, 0.6) is 17.4 Å². The number of ether oxygens (including phenoxy) is 2. The van der Waals surface area contributed by atoms with E-state index in [-0.39, 0.29) is 17.6 Å². The van der Waals surface area contributed by atoms with Gasteiger partial charge in [0.25, 0.3) is 5.91 Å². The molecule has 1 aliphatic rings. The summed E-state index contributed by atoms with van der Waals surface area (Å²) in [5.41, 5.74) is 0.829. The van der Waals surface area contributed by atoms with E-state index in [0.717, 1.165) is 31.7 Å². The van der Waals surface area contributed by atoms with Crippen molar-refractivity contribution in [3.05, 3.63) is 54.5 Å². The molecule has 0 aliphatic carbocycles. The number of anilines is 1. The Labute approximate surface area is 168 Å². The van der Waals surface area contributed by atoms with Crippen LogP contribution in [0, 0.1) is 0 Å². The minimum absolute atomic E-state index is 0.279. The Balaban J connectivity index is 1.35. The zero-order valence-corrected chi connectivity index (χ0v) is 16.0. The van der Waals surface area contributed by atoms with Gasteiger partial charge in [0, 0.05) is 6.07 Å². The van der Waals surface area contributed by atoms with Gasteiger partial charge in [0.2, 0.25) is 5.88 Å². The summed E-state index contributed by atoms with van der Waals surface area (Å²) >= 11 is 0. The first-order valence-electron chi connectivity index (χ1n) is 9.43. The van der Waals surface area contributed by atoms with E-state index in [4.69, 9.17) is 9.47 Å². The molecule has 29 heavy (non-hydrogen) atoms. The lowest BCUT2D eigenvalue weighted by molar-refractivity contribution is 0.102. The number of carbonyl (C=O) groups is 1. The van der Waals surface area contributed by atoms with Gasteiger partial charge in [-0.1, -0.05) is 5.21 Å². The van der Waals surface area contributed by atoms with E-state index in [1.807, 2.05) is 0 Å². The number of aromatic nitrogens is 4. The van der Waals surface area contributed by atoms with Gasteiger partial charge in [-0.2, -0.15) is 0 Å². The van der Waals surface area contributed by atoms with Crippen LogP contribution in [0.25, 0.3) is 0 Å². The molecule has 0 spiro atoms. The molecule has 1 aliphatic heterocycles. The van der Waals surface area contributed by atoms with Crippen LogP contribution >= 0.6 is 0 Å². The van der Waals surface area contributed by atoms with Crippen molar-refractivity contribution >= 4 is 11.6 Å². The molecule has 1 amide bonds. The summed E-state index contributed by atoms with van der Waals surface area (Å²) in [7, 11) is 1.61. The van der Waals surface area contributed by atoms with Gasteiger partial charge in [0.15, 0.2) is 5.69 Å². The second kappa shape index (κ2) is 8.70. The lowest BCUT2D eigenvalue weighted by Gasteiger charge is -2.22. The molecule has 9 heteroatoms. The number of amides is 1. The van der Waals surface area contributed by atoms with Crippen molar-refractivity contribution in [1.29, 1.82) is 0 Å². The van der Waals surface area contributed by atoms with E-state index in [0.29, 0.717) is 17.3 Å². The SMILES string of the molecule is COc1ccc(Oc2ccc(NC(=O)c3cn(C4CCNCC4)nn3)cn2)cc1. The molecule has 0 unspecified atom stereocenters. The zero-order valence-electron chi connectivity index (χ0n) is 16.0. The first kappa shape index (κ1) is 18.9. The van der Waals surface area contributed by atoms with Crippen LogP contribution in [-0.2, 0) is 0 Å². The monoisotopic (exact) mass is 394 g/mol. The molecule has 9 nitrogen and oxygen atoms in total. The van der Waals surface area contributed by atoms with Gasteiger partial charge in [-0.3, -0.25) is 4.79 Å². The van der Waals surface area contributed by atoms with Crippen molar-refractivity contribution in [1.82, 2.24) is 25.3 Å². The molecule has 1 fully saturated rings. The molecule has 150 valence electrons. The summed E-state index contributed by atoms with van der Waals surface area (Å²) in [6, 6.07) is 10.9. The smallest absolute Gasteiger partial charge is 0.277 e. The van der Waals surface area contributed by atoms with Crippen molar-refractivity contribution in [3.63, 3.8) is 0 Å². The fourth-order valence-corrected chi connectivity index (χ4v) is 3.10. The lowest BCUT2D eigenvalue weighted by atomic mass is 10.1. The van der Waals surface area contributed by atoms with Crippen LogP contribution in [0.3, 0.4) is 0 Å². The first-order chi connectivity index (χ1) is 14.2. The highest BCUT2D eigenvalue weighted by Gasteiger charge is 2.18. The topological polar surface area (TPSA) is 103 Å². The quantitative estimate of drug-likeness (QED) is 0.662. The Morgan fingerprint density at radius 1 is 1.14 bits per heavy atom. The van der Waals surface area contributed by atoms with Crippen LogP contribution < -0.4 is 20.1 Å². The Morgan fingerprint density at radius 3 is 2.59 bits per heavy atom. The molecule has 2 N–H and O–H groups in total. The fraction of sp³-hybridized carbons (Fsp3) is 0.300. The van der Waals surface area contributed by atoms with E-state index in [2.05, 4.69) is 25.9 Å². The average molecular weight is 394 g/mol. The van der Waals surface area contributed by atoms with Crippen molar-refractivity contribution < 1.29 is 14.3 Å². The van der Waals surface area contributed by atoms with E-state index in [9.17, 15) is 4.79 Å². The van der Waals surface area contributed by atoms with Gasteiger partial charge in [-0.15, -0.1) is 5.10 Å². The van der Waals surface area contributed by atoms with Crippen LogP contribution in [-0.4, -0.2) is 46.1 Å². The minimum Gasteiger partial charge on any atom is -0.497 e. The highest BCUT2D eigenvalue weighted by Crippen LogP contribution is 2.23. The third-order valence-electron chi connectivity index (χ3n) is 4.70. The number of methoxy groups -OCH3 is 1. The number of hydrogen-bond donors (Lipinski definition) is 2. The summed E-state index contributed by atoms with van der Waals surface area (Å²) in [5, 5.41) is 14.2. The molecule has 0 atom stereocenters. The number of hydrogen-bond acceptors (Lipinski definition) is 7. The maximum Gasteiger partial charge on any atom is 0.277 e. The van der Waals surface area contributed by atoms with Crippen molar-refractivity contribution in [3.8, 4) is 17.4 Å². The average Bonchev–Trinajstić information content (AvgIpc) is 3.27. The molecule has 1 aromatic carbocycles. The minimum atomic E-state index is -0.323. The number of nitrogens with one attached hydrogen (secondary N) is 2. The van der Waals surface area contributed by atoms with E-state index < -0.39 is 0 Å². The Morgan fingerprint density at radius 2 is 1.90 bits per heavy atom. The van der Waals surface area contributed by atoms with E-state index >= 15 is 0 Å². The van der Waals surface area contributed by atoms with Crippen molar-refractivity contribution in [2.24, 2.45) is 0 Å². The van der Waals surface area contributed by atoms with Gasteiger partial charge in [-0.05, 0) is 56.3 Å². The summed E-state index contributed by atoms with van der Waals surface area (Å²) in [6.07, 6.45) is 5.18. The predicted molar refractivity (Wildman–Crippen MR) is 106 cm³/mol. The molecule has 3 heterocycles. The summed E-state index contributed by atoms with van der Waals surface area (Å²) in [6.45, 7) is 1.89. The first-order valence-corrected chi connectivity index (χ1v) is 9.43. The third kappa shape index (κ3) is 4.69. The summed E-state index contributed by atoms with van der Waals surface area (Å²) in [5.74, 6) is 1.49. The molecule has 0 bridgehead atoms. The second-order valence-electron chi connectivity index (χ2n) is 6.68. The van der Waals surface area contributed by atoms with Gasteiger partial charge < -0.3 is 20.1 Å². The molecule has 3 aromatic rings. The molecule has 2 aromatic heterocycles. The highest BCUT2D eigenvalue weighted by atomic mass is 16.5. The zero-order chi connectivity index (χ0) is 20.1. The number of carbonyl (C=O) groups excluding carboxylic acids is 1. The predicted octanol–water partition coefficient (Wildman–Crippen LogP) is 2.65. The van der Waals surface area contributed by atoms with Crippen molar-refractivity contribution in [2.45, 2.75) is 18.9 Å². The Hall–Kier alpha value is -3.46. The molecular weight excluding hydrogens is 372 g/mol. The van der Waals surface area contributed by atoms with Crippen molar-refractivity contribution in [2.75, 3.05) is 25.5 Å². The lowest BCUT2D eigenvalue weighted by Crippen LogP contribution is -2.29. The summed E-state index contributed by atoms with van der Waals surface area (Å²) in [4.78, 5) is 16.7. The number of rotatable bonds is 6. The van der Waals surface area contributed by atoms with Crippen LogP contribution in [0.2, 0.25) is 0 Å². The molecule has 0 saturated carbocycles. The molecule has 1 saturated heterocycles. The normalized spacial score (nSPS) is 14.4. The number of piperidine rings is 1. The van der Waals surface area contributed by atoms with Gasteiger partial charge in [0.1, 0.15) is 11.5 Å². The van der Waals surface area contributed by atoms with Gasteiger partial charge >= 0.3 is 0 Å². The van der Waals surface area contributed by atoms with Crippen LogP contribution in [0.15, 0.2) is 48.8 Å². The fourth-order valence-electron chi connectivity index (χ4n) is 3.10. The summed E-state index contributed by atoms with van der Waals surface area (Å²) < 4.78 is 12.6. The molecule has 4 rings (SSSR count). The second-order valence-corrected chi connectivity index (χ2v) is 6.68. The standard InChI is InChI=1S/C20H22N6O3/c1-28-16-3-5-17(6-4-16)29-19-7-2-14(12-22-19)23-20(27)18-13-26(25-24-18)15-8-10-21-11-9-15/h2-7,12-13,15,21H,8-11H2,1H3,(H,23,27). The Kier molecular flexibility index (Phi) is 5.66.